The van der Waals surface area contributed by atoms with E-state index in [1.54, 1.807) is 7.11 Å². The van der Waals surface area contributed by atoms with Crippen molar-refractivity contribution in [3.05, 3.63) is 41.5 Å². The zero-order chi connectivity index (χ0) is 15.6. The van der Waals surface area contributed by atoms with Crippen LogP contribution in [-0.4, -0.2) is 19.1 Å². The molecule has 1 N–H and O–H groups in total. The third-order valence-electron chi connectivity index (χ3n) is 5.06. The van der Waals surface area contributed by atoms with Gasteiger partial charge in [0.15, 0.2) is 0 Å². The number of carbonyl (C=O) groups excluding carboxylic acids is 1. The van der Waals surface area contributed by atoms with Gasteiger partial charge in [0.2, 0.25) is 5.91 Å². The number of rotatable bonds is 5. The zero-order valence-corrected chi connectivity index (χ0v) is 13.5. The second kappa shape index (κ2) is 6.15. The Morgan fingerprint density at radius 2 is 1.95 bits per heavy atom. The number of hydrogen-bond acceptors (Lipinski definition) is 2. The number of allylic oxidation sites excluding steroid dienone is 1. The number of hydrogen-bond donors (Lipinski definition) is 1. The van der Waals surface area contributed by atoms with Crippen LogP contribution >= 0.6 is 0 Å². The molecule has 0 bridgehead atoms. The van der Waals surface area contributed by atoms with Crippen molar-refractivity contribution in [1.29, 1.82) is 0 Å². The Bertz CT molecular complexity index is 570. The maximum Gasteiger partial charge on any atom is 0.231 e. The lowest BCUT2D eigenvalue weighted by atomic mass is 9.92. The molecule has 0 unspecified atom stereocenters. The quantitative estimate of drug-likeness (QED) is 0.841. The average molecular weight is 299 g/mol. The summed E-state index contributed by atoms with van der Waals surface area (Å²) in [5, 5.41) is 3.24. The monoisotopic (exact) mass is 299 g/mol. The molecule has 1 aromatic rings. The number of ether oxygens (including phenoxy) is 1. The van der Waals surface area contributed by atoms with Crippen LogP contribution in [0.3, 0.4) is 0 Å². The molecule has 2 aliphatic carbocycles. The van der Waals surface area contributed by atoms with Crippen LogP contribution < -0.4 is 10.1 Å². The molecule has 0 aliphatic heterocycles. The van der Waals surface area contributed by atoms with E-state index in [0.29, 0.717) is 0 Å². The van der Waals surface area contributed by atoms with Gasteiger partial charge in [-0.3, -0.25) is 4.79 Å². The molecule has 3 rings (SSSR count). The topological polar surface area (TPSA) is 38.3 Å². The van der Waals surface area contributed by atoms with Gasteiger partial charge in [-0.25, -0.2) is 0 Å². The zero-order valence-electron chi connectivity index (χ0n) is 13.5. The lowest BCUT2D eigenvalue weighted by Gasteiger charge is -2.24. The fraction of sp³-hybridized carbons (Fsp3) is 0.526. The van der Waals surface area contributed by atoms with Gasteiger partial charge in [-0.2, -0.15) is 0 Å². The highest BCUT2D eigenvalue weighted by atomic mass is 16.5. The molecule has 0 spiro atoms. The number of amides is 1. The van der Waals surface area contributed by atoms with Crippen molar-refractivity contribution in [3.63, 3.8) is 0 Å². The minimum Gasteiger partial charge on any atom is -0.497 e. The summed E-state index contributed by atoms with van der Waals surface area (Å²) in [6, 6.07) is 8.08. The summed E-state index contributed by atoms with van der Waals surface area (Å²) in [4.78, 5) is 12.8. The van der Waals surface area contributed by atoms with Crippen molar-refractivity contribution in [2.75, 3.05) is 7.11 Å². The molecule has 0 radical (unpaired) electrons. The predicted molar refractivity (Wildman–Crippen MR) is 88.1 cm³/mol. The molecule has 3 heteroatoms. The Kier molecular flexibility index (Phi) is 4.23. The minimum absolute atomic E-state index is 0.156. The maximum absolute atomic E-state index is 12.8. The molecule has 1 amide bonds. The van der Waals surface area contributed by atoms with E-state index in [-0.39, 0.29) is 17.4 Å². The first-order valence-electron chi connectivity index (χ1n) is 8.30. The van der Waals surface area contributed by atoms with E-state index in [2.05, 4.69) is 18.3 Å². The van der Waals surface area contributed by atoms with Gasteiger partial charge < -0.3 is 10.1 Å². The fourth-order valence-corrected chi connectivity index (χ4v) is 3.37. The van der Waals surface area contributed by atoms with Crippen LogP contribution in [0.1, 0.15) is 51.0 Å². The smallest absolute Gasteiger partial charge is 0.231 e. The van der Waals surface area contributed by atoms with Crippen LogP contribution in [0.15, 0.2) is 35.9 Å². The predicted octanol–water partition coefficient (Wildman–Crippen LogP) is 3.73. The molecule has 1 atom stereocenters. The van der Waals surface area contributed by atoms with Gasteiger partial charge in [-0.05, 0) is 63.1 Å². The summed E-state index contributed by atoms with van der Waals surface area (Å²) in [7, 11) is 1.66. The molecule has 2 aliphatic rings. The van der Waals surface area contributed by atoms with Crippen molar-refractivity contribution in [3.8, 4) is 5.75 Å². The average Bonchev–Trinajstić information content (AvgIpc) is 3.37. The van der Waals surface area contributed by atoms with Crippen LogP contribution in [-0.2, 0) is 10.2 Å². The van der Waals surface area contributed by atoms with Crippen LogP contribution in [0.5, 0.6) is 5.75 Å². The van der Waals surface area contributed by atoms with E-state index in [9.17, 15) is 4.79 Å². The SMILES string of the molecule is COc1ccc(C2(C(=O)N[C@H](C)C3=CCCCC3)CC2)cc1. The van der Waals surface area contributed by atoms with E-state index in [4.69, 9.17) is 4.74 Å². The Morgan fingerprint density at radius 1 is 1.23 bits per heavy atom. The maximum atomic E-state index is 12.8. The summed E-state index contributed by atoms with van der Waals surface area (Å²) in [5.41, 5.74) is 2.19. The molecular weight excluding hydrogens is 274 g/mol. The molecule has 3 nitrogen and oxygen atoms in total. The third-order valence-corrected chi connectivity index (χ3v) is 5.06. The van der Waals surface area contributed by atoms with Crippen LogP contribution in [0.4, 0.5) is 0 Å². The lowest BCUT2D eigenvalue weighted by molar-refractivity contribution is -0.124. The molecule has 0 saturated heterocycles. The Labute approximate surface area is 132 Å². The van der Waals surface area contributed by atoms with E-state index >= 15 is 0 Å². The van der Waals surface area contributed by atoms with Crippen molar-refractivity contribution >= 4 is 5.91 Å². The first kappa shape index (κ1) is 15.1. The van der Waals surface area contributed by atoms with Gasteiger partial charge >= 0.3 is 0 Å². The summed E-state index contributed by atoms with van der Waals surface area (Å²) < 4.78 is 5.20. The van der Waals surface area contributed by atoms with Gasteiger partial charge in [0, 0.05) is 6.04 Å². The van der Waals surface area contributed by atoms with Gasteiger partial charge in [0.05, 0.1) is 12.5 Å². The third kappa shape index (κ3) is 2.90. The van der Waals surface area contributed by atoms with Gasteiger partial charge in [-0.15, -0.1) is 0 Å². The van der Waals surface area contributed by atoms with Gasteiger partial charge in [0.1, 0.15) is 5.75 Å². The number of nitrogens with one attached hydrogen (secondary N) is 1. The van der Waals surface area contributed by atoms with E-state index in [1.807, 2.05) is 24.3 Å². The number of benzene rings is 1. The van der Waals surface area contributed by atoms with Crippen molar-refractivity contribution in [2.45, 2.75) is 56.9 Å². The highest BCUT2D eigenvalue weighted by Crippen LogP contribution is 2.48. The molecule has 1 aromatic carbocycles. The number of carbonyl (C=O) groups is 1. The summed E-state index contributed by atoms with van der Waals surface area (Å²) in [6.45, 7) is 2.11. The van der Waals surface area contributed by atoms with Crippen molar-refractivity contribution in [1.82, 2.24) is 5.32 Å². The minimum atomic E-state index is -0.310. The first-order valence-corrected chi connectivity index (χ1v) is 8.30. The highest BCUT2D eigenvalue weighted by molar-refractivity contribution is 5.91. The first-order chi connectivity index (χ1) is 10.7. The molecule has 0 aromatic heterocycles. The molecule has 1 fully saturated rings. The molecule has 22 heavy (non-hydrogen) atoms. The van der Waals surface area contributed by atoms with E-state index < -0.39 is 0 Å². The second-order valence-electron chi connectivity index (χ2n) is 6.53. The largest absolute Gasteiger partial charge is 0.497 e. The Morgan fingerprint density at radius 3 is 2.50 bits per heavy atom. The second-order valence-corrected chi connectivity index (χ2v) is 6.53. The molecule has 118 valence electrons. The van der Waals surface area contributed by atoms with Crippen molar-refractivity contribution < 1.29 is 9.53 Å². The highest BCUT2D eigenvalue weighted by Gasteiger charge is 2.51. The van der Waals surface area contributed by atoms with E-state index in [0.717, 1.165) is 37.0 Å². The number of methoxy groups -OCH3 is 1. The molecule has 0 heterocycles. The summed E-state index contributed by atoms with van der Waals surface area (Å²) in [6.07, 6.45) is 8.99. The van der Waals surface area contributed by atoms with Crippen LogP contribution in [0, 0.1) is 0 Å². The summed E-state index contributed by atoms with van der Waals surface area (Å²) >= 11 is 0. The van der Waals surface area contributed by atoms with Gasteiger partial charge in [0.25, 0.3) is 0 Å². The normalized spacial score (nSPS) is 20.7. The summed E-state index contributed by atoms with van der Waals surface area (Å²) in [5.74, 6) is 1.01. The molecule has 1 saturated carbocycles. The van der Waals surface area contributed by atoms with Crippen LogP contribution in [0.25, 0.3) is 0 Å². The lowest BCUT2D eigenvalue weighted by Crippen LogP contribution is -2.41. The van der Waals surface area contributed by atoms with Gasteiger partial charge in [-0.1, -0.05) is 23.8 Å². The standard InChI is InChI=1S/C19H25NO2/c1-14(15-6-4-3-5-7-15)20-18(21)19(12-13-19)16-8-10-17(22-2)11-9-16/h6,8-11,14H,3-5,7,12-13H2,1-2H3,(H,20,21)/t14-/m1/s1. The Balaban J connectivity index is 1.69. The van der Waals surface area contributed by atoms with Crippen molar-refractivity contribution in [2.24, 2.45) is 0 Å². The van der Waals surface area contributed by atoms with E-state index in [1.165, 1.54) is 18.4 Å². The fourth-order valence-electron chi connectivity index (χ4n) is 3.37. The molecular formula is C19H25NO2. The Hall–Kier alpha value is -1.77. The van der Waals surface area contributed by atoms with Crippen LogP contribution in [0.2, 0.25) is 0 Å².